The van der Waals surface area contributed by atoms with Gasteiger partial charge in [-0.25, -0.2) is 4.90 Å². The lowest BCUT2D eigenvalue weighted by Crippen LogP contribution is -2.30. The predicted octanol–water partition coefficient (Wildman–Crippen LogP) is 3.59. The second kappa shape index (κ2) is 5.55. The van der Waals surface area contributed by atoms with Crippen LogP contribution in [-0.2, 0) is 9.59 Å². The lowest BCUT2D eigenvalue weighted by Gasteiger charge is -2.16. The van der Waals surface area contributed by atoms with Crippen LogP contribution in [0.3, 0.4) is 0 Å². The van der Waals surface area contributed by atoms with Crippen LogP contribution in [0.15, 0.2) is 65.8 Å². The third-order valence-electron chi connectivity index (χ3n) is 3.28. The molecule has 6 heteroatoms. The first-order chi connectivity index (χ1) is 10.7. The van der Waals surface area contributed by atoms with E-state index >= 15 is 0 Å². The summed E-state index contributed by atoms with van der Waals surface area (Å²) in [6, 6.07) is 15.4. The monoisotopic (exact) mass is 290 g/mol. The number of para-hydroxylation sites is 1. The highest BCUT2D eigenvalue weighted by Crippen LogP contribution is 2.34. The molecule has 0 spiro atoms. The summed E-state index contributed by atoms with van der Waals surface area (Å²) in [5.41, 5.74) is 10.1. The molecule has 22 heavy (non-hydrogen) atoms. The van der Waals surface area contributed by atoms with Crippen molar-refractivity contribution in [1.82, 2.24) is 0 Å². The van der Waals surface area contributed by atoms with E-state index in [0.29, 0.717) is 11.1 Å². The Morgan fingerprint density at radius 3 is 2.36 bits per heavy atom. The van der Waals surface area contributed by atoms with E-state index in [1.54, 1.807) is 48.5 Å². The highest BCUT2D eigenvalue weighted by Gasteiger charge is 2.33. The zero-order valence-corrected chi connectivity index (χ0v) is 11.4. The van der Waals surface area contributed by atoms with E-state index in [-0.39, 0.29) is 11.4 Å². The Bertz CT molecular complexity index is 836. The summed E-state index contributed by atoms with van der Waals surface area (Å²) in [5.74, 6) is -0.888. The Morgan fingerprint density at radius 2 is 1.64 bits per heavy atom. The molecule has 1 heterocycles. The molecule has 106 valence electrons. The molecule has 1 aliphatic rings. The van der Waals surface area contributed by atoms with Crippen LogP contribution in [0.25, 0.3) is 16.0 Å². The van der Waals surface area contributed by atoms with Crippen molar-refractivity contribution in [2.75, 3.05) is 4.90 Å². The van der Waals surface area contributed by atoms with E-state index in [9.17, 15) is 9.59 Å². The highest BCUT2D eigenvalue weighted by molar-refractivity contribution is 6.44. The first kappa shape index (κ1) is 13.6. The quantitative estimate of drug-likeness (QED) is 0.374. The number of nitrogens with zero attached hydrogens (tertiary/aromatic N) is 4. The highest BCUT2D eigenvalue weighted by atomic mass is 16.2. The number of carbonyl (C=O) groups is 2. The van der Waals surface area contributed by atoms with Gasteiger partial charge < -0.3 is 0 Å². The minimum absolute atomic E-state index is 0.231. The molecule has 6 nitrogen and oxygen atoms in total. The van der Waals surface area contributed by atoms with Crippen molar-refractivity contribution in [2.24, 2.45) is 5.11 Å². The van der Waals surface area contributed by atoms with Gasteiger partial charge >= 0.3 is 0 Å². The Hall–Kier alpha value is -3.37. The first-order valence-corrected chi connectivity index (χ1v) is 6.52. The van der Waals surface area contributed by atoms with Gasteiger partial charge in [0.2, 0.25) is 0 Å². The van der Waals surface area contributed by atoms with Crippen molar-refractivity contribution in [3.63, 3.8) is 0 Å². The van der Waals surface area contributed by atoms with Crippen LogP contribution in [0.2, 0.25) is 0 Å². The second-order valence-electron chi connectivity index (χ2n) is 4.58. The number of hydrogen-bond acceptors (Lipinski definition) is 3. The minimum atomic E-state index is -0.454. The summed E-state index contributed by atoms with van der Waals surface area (Å²) in [4.78, 5) is 28.5. The summed E-state index contributed by atoms with van der Waals surface area (Å²) in [6.07, 6.45) is 1.30. The van der Waals surface area contributed by atoms with Crippen LogP contribution in [0.5, 0.6) is 0 Å². The van der Waals surface area contributed by atoms with Crippen LogP contribution in [0, 0.1) is 0 Å². The predicted molar refractivity (Wildman–Crippen MR) is 82.2 cm³/mol. The molecule has 0 bridgehead atoms. The van der Waals surface area contributed by atoms with Gasteiger partial charge in [0.1, 0.15) is 0 Å². The van der Waals surface area contributed by atoms with Gasteiger partial charge in [0.15, 0.2) is 0 Å². The van der Waals surface area contributed by atoms with Crippen LogP contribution < -0.4 is 4.90 Å². The normalized spacial score (nSPS) is 13.8. The summed E-state index contributed by atoms with van der Waals surface area (Å²) < 4.78 is 0. The Labute approximate surface area is 125 Å². The molecule has 0 aliphatic carbocycles. The topological polar surface area (TPSA) is 86.1 Å². The molecular weight excluding hydrogens is 280 g/mol. The standard InChI is InChI=1S/C16H10N4O2/c17-19-18-13-8-4-5-9-14(13)20-15(21)10-12(16(20)22)11-6-2-1-3-7-11/h1-10H. The summed E-state index contributed by atoms with van der Waals surface area (Å²) in [6.45, 7) is 0. The zero-order chi connectivity index (χ0) is 15.5. The molecule has 0 atom stereocenters. The number of benzene rings is 2. The van der Waals surface area contributed by atoms with Gasteiger partial charge in [0.25, 0.3) is 11.8 Å². The number of carbonyl (C=O) groups excluding carboxylic acids is 2. The summed E-state index contributed by atoms with van der Waals surface area (Å²) >= 11 is 0. The van der Waals surface area contributed by atoms with Crippen molar-refractivity contribution in [1.29, 1.82) is 0 Å². The Morgan fingerprint density at radius 1 is 0.955 bits per heavy atom. The fraction of sp³-hybridized carbons (Fsp3) is 0. The number of azide groups is 1. The number of hydrogen-bond donors (Lipinski definition) is 0. The van der Waals surface area contributed by atoms with E-state index in [1.165, 1.54) is 6.08 Å². The number of anilines is 1. The van der Waals surface area contributed by atoms with Crippen LogP contribution in [-0.4, -0.2) is 11.8 Å². The van der Waals surface area contributed by atoms with Crippen molar-refractivity contribution < 1.29 is 9.59 Å². The van der Waals surface area contributed by atoms with Gasteiger partial charge in [-0.15, -0.1) is 0 Å². The average Bonchev–Trinajstić information content (AvgIpc) is 2.84. The maximum absolute atomic E-state index is 12.6. The largest absolute Gasteiger partial charge is 0.269 e. The van der Waals surface area contributed by atoms with E-state index < -0.39 is 11.8 Å². The Balaban J connectivity index is 2.04. The molecule has 3 rings (SSSR count). The van der Waals surface area contributed by atoms with Gasteiger partial charge in [-0.3, -0.25) is 9.59 Å². The van der Waals surface area contributed by atoms with Crippen molar-refractivity contribution in [2.45, 2.75) is 0 Å². The van der Waals surface area contributed by atoms with E-state index in [2.05, 4.69) is 10.0 Å². The molecule has 2 amide bonds. The van der Waals surface area contributed by atoms with Crippen LogP contribution in [0.1, 0.15) is 5.56 Å². The van der Waals surface area contributed by atoms with Gasteiger partial charge in [0.05, 0.1) is 16.9 Å². The van der Waals surface area contributed by atoms with Crippen molar-refractivity contribution >= 4 is 28.8 Å². The summed E-state index contributed by atoms with van der Waals surface area (Å²) in [5, 5.41) is 3.53. The molecule has 0 radical (unpaired) electrons. The van der Waals surface area contributed by atoms with Crippen LogP contribution >= 0.6 is 0 Å². The summed E-state index contributed by atoms with van der Waals surface area (Å²) in [7, 11) is 0. The van der Waals surface area contributed by atoms with Gasteiger partial charge in [-0.05, 0) is 17.2 Å². The maximum atomic E-state index is 12.6. The lowest BCUT2D eigenvalue weighted by atomic mass is 10.1. The molecule has 0 N–H and O–H groups in total. The second-order valence-corrected chi connectivity index (χ2v) is 4.58. The molecule has 0 unspecified atom stereocenters. The molecule has 0 saturated carbocycles. The number of amides is 2. The fourth-order valence-corrected chi connectivity index (χ4v) is 2.31. The van der Waals surface area contributed by atoms with Crippen LogP contribution in [0.4, 0.5) is 11.4 Å². The average molecular weight is 290 g/mol. The molecule has 0 aromatic heterocycles. The lowest BCUT2D eigenvalue weighted by molar-refractivity contribution is -0.119. The van der Waals surface area contributed by atoms with E-state index in [0.717, 1.165) is 4.90 Å². The van der Waals surface area contributed by atoms with Gasteiger partial charge in [0, 0.05) is 11.0 Å². The smallest absolute Gasteiger partial charge is 0.266 e. The molecular formula is C16H10N4O2. The van der Waals surface area contributed by atoms with Gasteiger partial charge in [-0.2, -0.15) is 0 Å². The third kappa shape index (κ3) is 2.24. The number of rotatable bonds is 3. The number of imide groups is 1. The Kier molecular flexibility index (Phi) is 3.43. The van der Waals surface area contributed by atoms with E-state index in [1.807, 2.05) is 6.07 Å². The van der Waals surface area contributed by atoms with Crippen molar-refractivity contribution in [3.05, 3.63) is 76.7 Å². The zero-order valence-electron chi connectivity index (χ0n) is 11.4. The van der Waals surface area contributed by atoms with Crippen molar-refractivity contribution in [3.8, 4) is 0 Å². The molecule has 0 fully saturated rings. The molecule has 0 saturated heterocycles. The van der Waals surface area contributed by atoms with Gasteiger partial charge in [-0.1, -0.05) is 53.6 Å². The molecule has 2 aromatic carbocycles. The first-order valence-electron chi connectivity index (χ1n) is 6.52. The van der Waals surface area contributed by atoms with E-state index in [4.69, 9.17) is 5.53 Å². The minimum Gasteiger partial charge on any atom is -0.269 e. The molecule has 2 aromatic rings. The molecule has 1 aliphatic heterocycles. The maximum Gasteiger partial charge on any atom is 0.266 e. The SMILES string of the molecule is [N-]=[N+]=Nc1ccccc1N1C(=O)C=C(c2ccccc2)C1=O. The fourth-order valence-electron chi connectivity index (χ4n) is 2.31. The third-order valence-corrected chi connectivity index (χ3v) is 3.28.